The van der Waals surface area contributed by atoms with Gasteiger partial charge in [0.1, 0.15) is 0 Å². The molecule has 1 aromatic heterocycles. The predicted octanol–water partition coefficient (Wildman–Crippen LogP) is 3.38. The molecule has 2 rings (SSSR count). The van der Waals surface area contributed by atoms with Crippen molar-refractivity contribution in [1.29, 1.82) is 0 Å². The van der Waals surface area contributed by atoms with E-state index in [1.54, 1.807) is 0 Å². The van der Waals surface area contributed by atoms with E-state index in [1.165, 1.54) is 16.7 Å². The number of rotatable bonds is 6. The van der Waals surface area contributed by atoms with Gasteiger partial charge in [-0.1, -0.05) is 38.1 Å². The quantitative estimate of drug-likeness (QED) is 0.859. The normalized spacial score (nSPS) is 10.9. The van der Waals surface area contributed by atoms with Crippen LogP contribution < -0.4 is 5.32 Å². The van der Waals surface area contributed by atoms with Gasteiger partial charge < -0.3 is 5.32 Å². The van der Waals surface area contributed by atoms with Crippen molar-refractivity contribution in [2.45, 2.75) is 40.3 Å². The molecule has 1 heterocycles. The van der Waals surface area contributed by atoms with Gasteiger partial charge in [-0.25, -0.2) is 0 Å². The maximum atomic E-state index is 4.55. The van der Waals surface area contributed by atoms with Crippen molar-refractivity contribution < 1.29 is 0 Å². The summed E-state index contributed by atoms with van der Waals surface area (Å²) in [5, 5.41) is 7.89. The largest absolute Gasteiger partial charge is 0.313 e. The third kappa shape index (κ3) is 3.44. The first-order chi connectivity index (χ1) is 9.24. The molecule has 3 nitrogen and oxygen atoms in total. The highest BCUT2D eigenvalue weighted by Gasteiger charge is 2.06. The van der Waals surface area contributed by atoms with Crippen molar-refractivity contribution >= 4 is 0 Å². The molecule has 3 heteroatoms. The number of aromatic nitrogens is 2. The van der Waals surface area contributed by atoms with Gasteiger partial charge in [-0.2, -0.15) is 5.10 Å². The Bertz CT molecular complexity index is 511. The zero-order valence-corrected chi connectivity index (χ0v) is 12.1. The lowest BCUT2D eigenvalue weighted by Crippen LogP contribution is -2.11. The predicted molar refractivity (Wildman–Crippen MR) is 80.1 cm³/mol. The van der Waals surface area contributed by atoms with E-state index in [1.807, 2.05) is 4.68 Å². The fourth-order valence-electron chi connectivity index (χ4n) is 2.22. The molecule has 0 saturated carbocycles. The van der Waals surface area contributed by atoms with E-state index >= 15 is 0 Å². The van der Waals surface area contributed by atoms with Crippen LogP contribution in [0.3, 0.4) is 0 Å². The SMILES string of the molecule is CCCn1cc(-c2ccc(CNCC)cc2)c(C)n1. The highest BCUT2D eigenvalue weighted by Crippen LogP contribution is 2.23. The van der Waals surface area contributed by atoms with Gasteiger partial charge in [0, 0.05) is 24.8 Å². The molecular weight excluding hydrogens is 234 g/mol. The summed E-state index contributed by atoms with van der Waals surface area (Å²) >= 11 is 0. The number of aryl methyl sites for hydroxylation is 2. The minimum absolute atomic E-state index is 0.935. The zero-order chi connectivity index (χ0) is 13.7. The number of nitrogens with one attached hydrogen (secondary N) is 1. The van der Waals surface area contributed by atoms with E-state index < -0.39 is 0 Å². The fraction of sp³-hybridized carbons (Fsp3) is 0.438. The Morgan fingerprint density at radius 1 is 1.16 bits per heavy atom. The highest BCUT2D eigenvalue weighted by atomic mass is 15.3. The number of nitrogens with zero attached hydrogens (tertiary/aromatic N) is 2. The summed E-state index contributed by atoms with van der Waals surface area (Å²) in [4.78, 5) is 0. The van der Waals surface area contributed by atoms with Gasteiger partial charge in [0.2, 0.25) is 0 Å². The van der Waals surface area contributed by atoms with Crippen LogP contribution in [0.1, 0.15) is 31.5 Å². The van der Waals surface area contributed by atoms with Crippen molar-refractivity contribution in [3.05, 3.63) is 41.7 Å². The van der Waals surface area contributed by atoms with Crippen LogP contribution in [0.5, 0.6) is 0 Å². The van der Waals surface area contributed by atoms with Crippen LogP contribution in [0.15, 0.2) is 30.5 Å². The Balaban J connectivity index is 2.17. The van der Waals surface area contributed by atoms with Crippen molar-refractivity contribution in [1.82, 2.24) is 15.1 Å². The van der Waals surface area contributed by atoms with Gasteiger partial charge in [0.25, 0.3) is 0 Å². The van der Waals surface area contributed by atoms with Crippen molar-refractivity contribution in [2.75, 3.05) is 6.54 Å². The van der Waals surface area contributed by atoms with Crippen LogP contribution in [0.25, 0.3) is 11.1 Å². The van der Waals surface area contributed by atoms with E-state index in [4.69, 9.17) is 0 Å². The molecule has 0 bridgehead atoms. The van der Waals surface area contributed by atoms with Crippen molar-refractivity contribution in [2.24, 2.45) is 0 Å². The molecule has 19 heavy (non-hydrogen) atoms. The number of hydrogen-bond acceptors (Lipinski definition) is 2. The first kappa shape index (κ1) is 13.8. The average molecular weight is 257 g/mol. The minimum Gasteiger partial charge on any atom is -0.313 e. The van der Waals surface area contributed by atoms with Crippen LogP contribution in [-0.4, -0.2) is 16.3 Å². The molecular formula is C16H23N3. The second kappa shape index (κ2) is 6.53. The monoisotopic (exact) mass is 257 g/mol. The maximum absolute atomic E-state index is 4.55. The third-order valence-corrected chi connectivity index (χ3v) is 3.24. The molecule has 0 aliphatic rings. The Morgan fingerprint density at radius 3 is 2.53 bits per heavy atom. The van der Waals surface area contributed by atoms with Gasteiger partial charge in [0.15, 0.2) is 0 Å². The van der Waals surface area contributed by atoms with E-state index in [2.05, 4.69) is 61.6 Å². The van der Waals surface area contributed by atoms with Crippen LogP contribution in [0.2, 0.25) is 0 Å². The van der Waals surface area contributed by atoms with Crippen LogP contribution >= 0.6 is 0 Å². The molecule has 0 spiro atoms. The zero-order valence-electron chi connectivity index (χ0n) is 12.1. The number of benzene rings is 1. The van der Waals surface area contributed by atoms with Gasteiger partial charge in [-0.15, -0.1) is 0 Å². The van der Waals surface area contributed by atoms with E-state index in [0.29, 0.717) is 0 Å². The molecule has 1 aromatic carbocycles. The smallest absolute Gasteiger partial charge is 0.0672 e. The minimum atomic E-state index is 0.935. The lowest BCUT2D eigenvalue weighted by Gasteiger charge is -2.04. The number of hydrogen-bond donors (Lipinski definition) is 1. The van der Waals surface area contributed by atoms with Crippen LogP contribution in [0.4, 0.5) is 0 Å². The molecule has 2 aromatic rings. The standard InChI is InChI=1S/C16H23N3/c1-4-10-19-12-16(13(3)18-19)15-8-6-14(7-9-15)11-17-5-2/h6-9,12,17H,4-5,10-11H2,1-3H3. The molecule has 0 unspecified atom stereocenters. The maximum Gasteiger partial charge on any atom is 0.0672 e. The summed E-state index contributed by atoms with van der Waals surface area (Å²) in [6.07, 6.45) is 3.26. The van der Waals surface area contributed by atoms with E-state index in [-0.39, 0.29) is 0 Å². The lowest BCUT2D eigenvalue weighted by atomic mass is 10.0. The summed E-state index contributed by atoms with van der Waals surface area (Å²) in [6.45, 7) is 9.30. The van der Waals surface area contributed by atoms with E-state index in [9.17, 15) is 0 Å². The molecule has 0 amide bonds. The molecule has 0 saturated heterocycles. The van der Waals surface area contributed by atoms with Crippen molar-refractivity contribution in [3.63, 3.8) is 0 Å². The third-order valence-electron chi connectivity index (χ3n) is 3.24. The van der Waals surface area contributed by atoms with Gasteiger partial charge in [-0.3, -0.25) is 4.68 Å². The molecule has 0 fully saturated rings. The summed E-state index contributed by atoms with van der Waals surface area (Å²) in [5.74, 6) is 0. The summed E-state index contributed by atoms with van der Waals surface area (Å²) in [7, 11) is 0. The Kier molecular flexibility index (Phi) is 4.74. The van der Waals surface area contributed by atoms with Crippen LogP contribution in [-0.2, 0) is 13.1 Å². The summed E-state index contributed by atoms with van der Waals surface area (Å²) < 4.78 is 2.04. The Morgan fingerprint density at radius 2 is 1.89 bits per heavy atom. The van der Waals surface area contributed by atoms with Gasteiger partial charge in [-0.05, 0) is 31.0 Å². The molecule has 0 radical (unpaired) electrons. The molecule has 102 valence electrons. The first-order valence-electron chi connectivity index (χ1n) is 7.08. The summed E-state index contributed by atoms with van der Waals surface area (Å²) in [6, 6.07) is 8.75. The highest BCUT2D eigenvalue weighted by molar-refractivity contribution is 5.65. The van der Waals surface area contributed by atoms with Gasteiger partial charge >= 0.3 is 0 Å². The van der Waals surface area contributed by atoms with Crippen molar-refractivity contribution in [3.8, 4) is 11.1 Å². The average Bonchev–Trinajstić information content (AvgIpc) is 2.78. The fourth-order valence-corrected chi connectivity index (χ4v) is 2.22. The molecule has 0 aliphatic carbocycles. The Labute approximate surface area is 115 Å². The second-order valence-electron chi connectivity index (χ2n) is 4.87. The van der Waals surface area contributed by atoms with Gasteiger partial charge in [0.05, 0.1) is 5.69 Å². The van der Waals surface area contributed by atoms with Crippen LogP contribution in [0, 0.1) is 6.92 Å². The molecule has 0 aliphatic heterocycles. The molecule has 1 N–H and O–H groups in total. The topological polar surface area (TPSA) is 29.9 Å². The second-order valence-corrected chi connectivity index (χ2v) is 4.87. The Hall–Kier alpha value is -1.61. The summed E-state index contributed by atoms with van der Waals surface area (Å²) in [5.41, 5.74) is 4.92. The molecule has 0 atom stereocenters. The van der Waals surface area contributed by atoms with E-state index in [0.717, 1.165) is 31.7 Å². The first-order valence-corrected chi connectivity index (χ1v) is 7.08. The lowest BCUT2D eigenvalue weighted by molar-refractivity contribution is 0.598.